The predicted molar refractivity (Wildman–Crippen MR) is 65.3 cm³/mol. The van der Waals surface area contributed by atoms with Gasteiger partial charge in [0, 0.05) is 0 Å². The summed E-state index contributed by atoms with van der Waals surface area (Å²) < 4.78 is 0. The van der Waals surface area contributed by atoms with Gasteiger partial charge in [-0.1, -0.05) is 42.5 Å². The molecule has 0 aromatic heterocycles. The summed E-state index contributed by atoms with van der Waals surface area (Å²) in [5.74, 6) is 0. The van der Waals surface area contributed by atoms with E-state index in [1.54, 1.807) is 0 Å². The normalized spacial score (nSPS) is 14.4. The quantitative estimate of drug-likeness (QED) is 0.653. The Morgan fingerprint density at radius 1 is 1.00 bits per heavy atom. The molecule has 0 aliphatic heterocycles. The molecule has 1 heteroatoms. The van der Waals surface area contributed by atoms with Crippen molar-refractivity contribution < 1.29 is 5.11 Å². The first-order chi connectivity index (χ1) is 7.75. The van der Waals surface area contributed by atoms with Crippen LogP contribution in [0.2, 0.25) is 0 Å². The molecule has 1 unspecified atom stereocenters. The fraction of sp³-hybridized carbons (Fsp3) is 0.200. The molecule has 1 N–H and O–H groups in total. The maximum Gasteiger partial charge on any atom is 0.0762 e. The maximum atomic E-state index is 9.57. The summed E-state index contributed by atoms with van der Waals surface area (Å²) in [7, 11) is 0. The summed E-state index contributed by atoms with van der Waals surface area (Å²) in [6, 6.07) is 14.8. The predicted octanol–water partition coefficient (Wildman–Crippen LogP) is 3.31. The summed E-state index contributed by atoms with van der Waals surface area (Å²) in [6.07, 6.45) is 0.612. The fourth-order valence-electron chi connectivity index (χ4n) is 2.42. The third kappa shape index (κ3) is 1.36. The number of hydrogen-bond donors (Lipinski definition) is 1. The van der Waals surface area contributed by atoms with Crippen molar-refractivity contribution in [2.24, 2.45) is 0 Å². The highest BCUT2D eigenvalue weighted by molar-refractivity contribution is 5.76. The molecule has 80 valence electrons. The minimum Gasteiger partial charge on any atom is -0.389 e. The Kier molecular flexibility index (Phi) is 2.08. The van der Waals surface area contributed by atoms with Crippen molar-refractivity contribution in [3.05, 3.63) is 59.2 Å². The minimum absolute atomic E-state index is 0.381. The number of aliphatic hydroxyl groups excluding tert-OH is 1. The van der Waals surface area contributed by atoms with Crippen LogP contribution in [0.15, 0.2) is 42.5 Å². The van der Waals surface area contributed by atoms with Gasteiger partial charge >= 0.3 is 0 Å². The lowest BCUT2D eigenvalue weighted by Gasteiger charge is -2.07. The van der Waals surface area contributed by atoms with E-state index in [-0.39, 0.29) is 6.10 Å². The average molecular weight is 210 g/mol. The summed E-state index contributed by atoms with van der Waals surface area (Å²) >= 11 is 0. The van der Waals surface area contributed by atoms with Crippen LogP contribution in [0.4, 0.5) is 0 Å². The van der Waals surface area contributed by atoms with Gasteiger partial charge < -0.3 is 5.11 Å². The molecule has 16 heavy (non-hydrogen) atoms. The molecule has 1 nitrogen and oxygen atoms in total. The van der Waals surface area contributed by atoms with Crippen molar-refractivity contribution in [1.82, 2.24) is 0 Å². The van der Waals surface area contributed by atoms with Gasteiger partial charge in [-0.2, -0.15) is 0 Å². The van der Waals surface area contributed by atoms with E-state index in [1.165, 1.54) is 22.3 Å². The second-order valence-corrected chi connectivity index (χ2v) is 4.43. The smallest absolute Gasteiger partial charge is 0.0762 e. The van der Waals surface area contributed by atoms with E-state index in [0.29, 0.717) is 0 Å². The van der Waals surface area contributed by atoms with Crippen molar-refractivity contribution in [2.45, 2.75) is 19.4 Å². The van der Waals surface area contributed by atoms with Crippen molar-refractivity contribution in [3.63, 3.8) is 0 Å². The first-order valence-corrected chi connectivity index (χ1v) is 5.65. The van der Waals surface area contributed by atoms with Crippen LogP contribution < -0.4 is 0 Å². The lowest BCUT2D eigenvalue weighted by atomic mass is 10.0. The summed E-state index contributed by atoms with van der Waals surface area (Å²) in [5, 5.41) is 9.57. The van der Waals surface area contributed by atoms with Crippen LogP contribution in [0.1, 0.15) is 29.7 Å². The molecule has 0 bridgehead atoms. The van der Waals surface area contributed by atoms with Crippen molar-refractivity contribution in [3.8, 4) is 11.1 Å². The Balaban J connectivity index is 2.14. The van der Waals surface area contributed by atoms with E-state index in [9.17, 15) is 5.11 Å². The van der Waals surface area contributed by atoms with Crippen LogP contribution in [0.5, 0.6) is 0 Å². The van der Waals surface area contributed by atoms with Crippen LogP contribution in [0, 0.1) is 0 Å². The number of aliphatic hydroxyl groups is 1. The molecule has 0 saturated heterocycles. The Morgan fingerprint density at radius 2 is 1.75 bits per heavy atom. The zero-order valence-electron chi connectivity index (χ0n) is 9.27. The second kappa shape index (κ2) is 3.46. The van der Waals surface area contributed by atoms with Crippen molar-refractivity contribution in [1.29, 1.82) is 0 Å². The molecule has 0 heterocycles. The molecule has 2 aromatic carbocycles. The highest BCUT2D eigenvalue weighted by atomic mass is 16.3. The monoisotopic (exact) mass is 210 g/mol. The van der Waals surface area contributed by atoms with Gasteiger partial charge in [0.25, 0.3) is 0 Å². The second-order valence-electron chi connectivity index (χ2n) is 4.43. The van der Waals surface area contributed by atoms with E-state index in [0.717, 1.165) is 12.0 Å². The van der Waals surface area contributed by atoms with Gasteiger partial charge in [-0.3, -0.25) is 0 Å². The molecule has 0 amide bonds. The number of rotatable bonds is 1. The van der Waals surface area contributed by atoms with E-state index in [2.05, 4.69) is 36.4 Å². The van der Waals surface area contributed by atoms with E-state index in [1.807, 2.05) is 13.0 Å². The highest BCUT2D eigenvalue weighted by Gasteiger charge is 2.18. The fourth-order valence-corrected chi connectivity index (χ4v) is 2.42. The van der Waals surface area contributed by atoms with Gasteiger partial charge in [-0.05, 0) is 41.2 Å². The Labute approximate surface area is 95.4 Å². The third-order valence-electron chi connectivity index (χ3n) is 3.30. The summed E-state index contributed by atoms with van der Waals surface area (Å²) in [4.78, 5) is 0. The van der Waals surface area contributed by atoms with E-state index in [4.69, 9.17) is 0 Å². The lowest BCUT2D eigenvalue weighted by molar-refractivity contribution is 0.199. The lowest BCUT2D eigenvalue weighted by Crippen LogP contribution is -1.92. The summed E-state index contributed by atoms with van der Waals surface area (Å²) in [5.41, 5.74) is 6.39. The molecule has 2 aromatic rings. The van der Waals surface area contributed by atoms with Gasteiger partial charge in [0.05, 0.1) is 6.10 Å². The number of fused-ring (bicyclic) bond motifs is 3. The SMILES string of the molecule is CC(O)c1ccc2c(c1)Cc1ccccc1-2. The van der Waals surface area contributed by atoms with Crippen LogP contribution in [-0.2, 0) is 6.42 Å². The van der Waals surface area contributed by atoms with Gasteiger partial charge in [0.2, 0.25) is 0 Å². The molecular weight excluding hydrogens is 196 g/mol. The Hall–Kier alpha value is -1.60. The van der Waals surface area contributed by atoms with Gasteiger partial charge in [-0.15, -0.1) is 0 Å². The van der Waals surface area contributed by atoms with E-state index >= 15 is 0 Å². The first-order valence-electron chi connectivity index (χ1n) is 5.65. The van der Waals surface area contributed by atoms with E-state index < -0.39 is 0 Å². The van der Waals surface area contributed by atoms with Gasteiger partial charge in [0.15, 0.2) is 0 Å². The molecule has 0 saturated carbocycles. The molecule has 3 rings (SSSR count). The Bertz CT molecular complexity index is 541. The molecule has 1 atom stereocenters. The zero-order valence-corrected chi connectivity index (χ0v) is 9.27. The molecule has 0 radical (unpaired) electrons. The number of benzene rings is 2. The topological polar surface area (TPSA) is 20.2 Å². The third-order valence-corrected chi connectivity index (χ3v) is 3.30. The minimum atomic E-state index is -0.381. The molecule has 1 aliphatic carbocycles. The van der Waals surface area contributed by atoms with Gasteiger partial charge in [0.1, 0.15) is 0 Å². The van der Waals surface area contributed by atoms with Crippen molar-refractivity contribution >= 4 is 0 Å². The van der Waals surface area contributed by atoms with Crippen LogP contribution >= 0.6 is 0 Å². The van der Waals surface area contributed by atoms with Crippen LogP contribution in [0.3, 0.4) is 0 Å². The molecule has 1 aliphatic rings. The molecule has 0 spiro atoms. The zero-order chi connectivity index (χ0) is 11.1. The molecule has 0 fully saturated rings. The first kappa shape index (κ1) is 9.61. The van der Waals surface area contributed by atoms with Gasteiger partial charge in [-0.25, -0.2) is 0 Å². The maximum absolute atomic E-state index is 9.57. The number of hydrogen-bond acceptors (Lipinski definition) is 1. The largest absolute Gasteiger partial charge is 0.389 e. The molecular formula is C15H14O. The van der Waals surface area contributed by atoms with Crippen LogP contribution in [0.25, 0.3) is 11.1 Å². The summed E-state index contributed by atoms with van der Waals surface area (Å²) in [6.45, 7) is 1.81. The highest BCUT2D eigenvalue weighted by Crippen LogP contribution is 2.37. The Morgan fingerprint density at radius 3 is 2.56 bits per heavy atom. The van der Waals surface area contributed by atoms with Crippen LogP contribution in [-0.4, -0.2) is 5.11 Å². The van der Waals surface area contributed by atoms with Crippen molar-refractivity contribution in [2.75, 3.05) is 0 Å². The standard InChI is InChI=1S/C15H14O/c1-10(16)11-6-7-15-13(8-11)9-12-4-2-3-5-14(12)15/h2-8,10,16H,9H2,1H3. The average Bonchev–Trinajstić information content (AvgIpc) is 2.66.